The Labute approximate surface area is 187 Å². The number of nitrogens with one attached hydrogen (secondary N) is 3. The van der Waals surface area contributed by atoms with Crippen molar-refractivity contribution in [2.24, 2.45) is 17.2 Å². The first-order chi connectivity index (χ1) is 15.1. The van der Waals surface area contributed by atoms with Crippen LogP contribution in [0.15, 0.2) is 0 Å². The highest BCUT2D eigenvalue weighted by Gasteiger charge is 2.34. The fourth-order valence-electron chi connectivity index (χ4n) is 2.41. The molecular weight excluding hydrogens is 448 g/mol. The van der Waals surface area contributed by atoms with E-state index in [4.69, 9.17) is 27.4 Å². The van der Waals surface area contributed by atoms with Crippen LogP contribution >= 0.6 is 0 Å². The second-order valence-corrected chi connectivity index (χ2v) is 7.07. The summed E-state index contributed by atoms with van der Waals surface area (Å²) in [6, 6.07) is -6.60. The van der Waals surface area contributed by atoms with Gasteiger partial charge in [0.25, 0.3) is 0 Å². The molecule has 0 aliphatic rings. The van der Waals surface area contributed by atoms with Crippen molar-refractivity contribution in [3.05, 3.63) is 0 Å². The van der Waals surface area contributed by atoms with E-state index in [0.717, 1.165) is 6.92 Å². The summed E-state index contributed by atoms with van der Waals surface area (Å²) >= 11 is 0. The molecule has 0 bridgehead atoms. The van der Waals surface area contributed by atoms with Gasteiger partial charge < -0.3 is 48.5 Å². The lowest BCUT2D eigenvalue weighted by Gasteiger charge is -2.25. The number of rotatable bonds is 15. The van der Waals surface area contributed by atoms with Gasteiger partial charge >= 0.3 is 11.9 Å². The summed E-state index contributed by atoms with van der Waals surface area (Å²) in [5.74, 6) is -8.31. The Morgan fingerprint density at radius 1 is 0.788 bits per heavy atom. The number of carbonyl (C=O) groups is 7. The van der Waals surface area contributed by atoms with Gasteiger partial charge in [0.2, 0.25) is 29.5 Å². The molecule has 0 spiro atoms. The Hall–Kier alpha value is -3.79. The van der Waals surface area contributed by atoms with Crippen LogP contribution in [0, 0.1) is 0 Å². The summed E-state index contributed by atoms with van der Waals surface area (Å²) in [7, 11) is 0. The molecule has 16 nitrogen and oxygen atoms in total. The van der Waals surface area contributed by atoms with Gasteiger partial charge in [-0.15, -0.1) is 0 Å². The number of aliphatic carboxylic acids is 2. The van der Waals surface area contributed by atoms with E-state index in [1.807, 2.05) is 10.6 Å². The quantitative estimate of drug-likeness (QED) is 0.108. The molecule has 0 heterocycles. The summed E-state index contributed by atoms with van der Waals surface area (Å²) in [5.41, 5.74) is 15.4. The number of aliphatic hydroxyl groups is 1. The van der Waals surface area contributed by atoms with Crippen LogP contribution in [0.2, 0.25) is 0 Å². The number of amides is 5. The molecule has 0 fully saturated rings. The number of primary amides is 2. The monoisotopic (exact) mass is 476 g/mol. The van der Waals surface area contributed by atoms with E-state index in [1.165, 1.54) is 0 Å². The average Bonchev–Trinajstić information content (AvgIpc) is 2.67. The lowest BCUT2D eigenvalue weighted by Crippen LogP contribution is -2.60. The minimum absolute atomic E-state index is 0.183. The van der Waals surface area contributed by atoms with E-state index in [-0.39, 0.29) is 12.8 Å². The van der Waals surface area contributed by atoms with Crippen LogP contribution in [-0.4, -0.2) is 87.1 Å². The summed E-state index contributed by atoms with van der Waals surface area (Å²) in [4.78, 5) is 81.1. The van der Waals surface area contributed by atoms with Crippen LogP contribution in [0.25, 0.3) is 0 Å². The molecule has 186 valence electrons. The van der Waals surface area contributed by atoms with Gasteiger partial charge in [-0.05, 0) is 13.3 Å². The van der Waals surface area contributed by atoms with Crippen LogP contribution in [0.4, 0.5) is 0 Å². The zero-order chi connectivity index (χ0) is 25.9. The minimum Gasteiger partial charge on any atom is -0.481 e. The van der Waals surface area contributed by atoms with Crippen molar-refractivity contribution in [3.63, 3.8) is 0 Å². The molecule has 16 heteroatoms. The Morgan fingerprint density at radius 2 is 1.33 bits per heavy atom. The summed E-state index contributed by atoms with van der Waals surface area (Å²) in [6.07, 6.45) is -3.74. The first-order valence-electron chi connectivity index (χ1n) is 9.51. The van der Waals surface area contributed by atoms with Crippen LogP contribution in [-0.2, 0) is 33.6 Å². The zero-order valence-electron chi connectivity index (χ0n) is 17.6. The van der Waals surface area contributed by atoms with Gasteiger partial charge in [-0.25, -0.2) is 4.79 Å². The molecular formula is C17H28N6O10. The van der Waals surface area contributed by atoms with Gasteiger partial charge in [-0.3, -0.25) is 28.8 Å². The Balaban J connectivity index is 5.43. The Bertz CT molecular complexity index is 786. The molecule has 0 radical (unpaired) electrons. The fraction of sp³-hybridized carbons (Fsp3) is 0.588. The predicted molar refractivity (Wildman–Crippen MR) is 108 cm³/mol. The smallest absolute Gasteiger partial charge is 0.326 e. The molecule has 0 aliphatic carbocycles. The van der Waals surface area contributed by atoms with Crippen molar-refractivity contribution in [2.75, 3.05) is 0 Å². The molecule has 5 unspecified atom stereocenters. The molecule has 5 amide bonds. The third-order valence-corrected chi connectivity index (χ3v) is 4.13. The number of aliphatic hydroxyl groups excluding tert-OH is 1. The summed E-state index contributed by atoms with van der Waals surface area (Å²) in [6.45, 7) is 1.07. The topological polar surface area (TPSA) is 294 Å². The summed E-state index contributed by atoms with van der Waals surface area (Å²) < 4.78 is 0. The number of carboxylic acids is 2. The van der Waals surface area contributed by atoms with E-state index in [1.54, 1.807) is 0 Å². The van der Waals surface area contributed by atoms with Crippen molar-refractivity contribution < 1.29 is 48.9 Å². The third kappa shape index (κ3) is 11.4. The van der Waals surface area contributed by atoms with E-state index >= 15 is 0 Å². The number of hydrogen-bond donors (Lipinski definition) is 9. The normalized spacial score (nSPS) is 15.1. The van der Waals surface area contributed by atoms with Gasteiger partial charge in [0, 0.05) is 6.42 Å². The Kier molecular flexibility index (Phi) is 12.0. The first-order valence-corrected chi connectivity index (χ1v) is 9.51. The van der Waals surface area contributed by atoms with E-state index in [9.17, 15) is 38.7 Å². The van der Waals surface area contributed by atoms with Gasteiger partial charge in [0.15, 0.2) is 0 Å². The highest BCUT2D eigenvalue weighted by Crippen LogP contribution is 2.02. The van der Waals surface area contributed by atoms with Gasteiger partial charge in [0.1, 0.15) is 18.1 Å². The standard InChI is InChI=1S/C17H28N6O10/c1-6(24)13(16(31)22-9(17(32)33)4-11(20)26)23-15(30)8(5-12(27)28)21-14(29)7(18)2-3-10(19)25/h6-9,13,24H,2-5,18H2,1H3,(H2,19,25)(H2,20,26)(H,21,29)(H,22,31)(H,23,30)(H,27,28)(H,32,33). The summed E-state index contributed by atoms with van der Waals surface area (Å²) in [5, 5.41) is 33.9. The van der Waals surface area contributed by atoms with Crippen molar-refractivity contribution in [2.45, 2.75) is 62.9 Å². The highest BCUT2D eigenvalue weighted by molar-refractivity contribution is 5.96. The molecule has 5 atom stereocenters. The van der Waals surface area contributed by atoms with Gasteiger partial charge in [-0.1, -0.05) is 0 Å². The fourth-order valence-corrected chi connectivity index (χ4v) is 2.41. The SMILES string of the molecule is CC(O)C(NC(=O)C(CC(=O)O)NC(=O)C(N)CCC(N)=O)C(=O)NC(CC(N)=O)C(=O)O. The maximum Gasteiger partial charge on any atom is 0.326 e. The molecule has 0 aliphatic heterocycles. The third-order valence-electron chi connectivity index (χ3n) is 4.13. The zero-order valence-corrected chi connectivity index (χ0v) is 17.6. The predicted octanol–water partition coefficient (Wildman–Crippen LogP) is -5.15. The molecule has 0 saturated heterocycles. The second kappa shape index (κ2) is 13.6. The number of nitrogens with two attached hydrogens (primary N) is 3. The Morgan fingerprint density at radius 3 is 1.76 bits per heavy atom. The molecule has 0 rings (SSSR count). The molecule has 0 saturated carbocycles. The largest absolute Gasteiger partial charge is 0.481 e. The van der Waals surface area contributed by atoms with Crippen LogP contribution in [0.3, 0.4) is 0 Å². The number of hydrogen-bond acceptors (Lipinski definition) is 9. The van der Waals surface area contributed by atoms with Gasteiger partial charge in [0.05, 0.1) is 25.0 Å². The molecule has 0 aromatic heterocycles. The van der Waals surface area contributed by atoms with Crippen molar-refractivity contribution in [3.8, 4) is 0 Å². The van der Waals surface area contributed by atoms with Crippen LogP contribution in [0.1, 0.15) is 32.6 Å². The molecule has 0 aromatic rings. The van der Waals surface area contributed by atoms with Crippen LogP contribution in [0.5, 0.6) is 0 Å². The van der Waals surface area contributed by atoms with Gasteiger partial charge in [-0.2, -0.15) is 0 Å². The lowest BCUT2D eigenvalue weighted by atomic mass is 10.1. The molecule has 33 heavy (non-hydrogen) atoms. The molecule has 0 aromatic carbocycles. The number of carboxylic acid groups (broad SMARTS) is 2. The minimum atomic E-state index is -1.79. The molecule has 12 N–H and O–H groups in total. The lowest BCUT2D eigenvalue weighted by molar-refractivity contribution is -0.145. The maximum atomic E-state index is 12.5. The maximum absolute atomic E-state index is 12.5. The van der Waals surface area contributed by atoms with Crippen molar-refractivity contribution in [1.82, 2.24) is 16.0 Å². The number of carbonyl (C=O) groups excluding carboxylic acids is 5. The first kappa shape index (κ1) is 29.2. The second-order valence-electron chi connectivity index (χ2n) is 7.07. The van der Waals surface area contributed by atoms with E-state index in [2.05, 4.69) is 5.32 Å². The van der Waals surface area contributed by atoms with Crippen molar-refractivity contribution in [1.29, 1.82) is 0 Å². The van der Waals surface area contributed by atoms with E-state index < -0.39 is 84.6 Å². The van der Waals surface area contributed by atoms with E-state index in [0.29, 0.717) is 0 Å². The average molecular weight is 476 g/mol. The highest BCUT2D eigenvalue weighted by atomic mass is 16.4. The van der Waals surface area contributed by atoms with Crippen molar-refractivity contribution >= 4 is 41.5 Å². The van der Waals surface area contributed by atoms with Crippen LogP contribution < -0.4 is 33.2 Å².